The van der Waals surface area contributed by atoms with Crippen LogP contribution in [0.1, 0.15) is 0 Å². The van der Waals surface area contributed by atoms with Crippen molar-refractivity contribution in [3.63, 3.8) is 0 Å². The lowest BCUT2D eigenvalue weighted by Gasteiger charge is -1.96. The standard InChI is InChI=1S/C8H6INO/c9-6-1-2-7-5(8(6)11)3-4-10-7/h1-4,10-11H. The Morgan fingerprint density at radius 1 is 1.27 bits per heavy atom. The summed E-state index contributed by atoms with van der Waals surface area (Å²) in [7, 11) is 0. The van der Waals surface area contributed by atoms with Gasteiger partial charge in [-0.05, 0) is 40.8 Å². The topological polar surface area (TPSA) is 36.0 Å². The molecule has 1 heterocycles. The fourth-order valence-electron chi connectivity index (χ4n) is 1.09. The fourth-order valence-corrected chi connectivity index (χ4v) is 1.56. The van der Waals surface area contributed by atoms with Gasteiger partial charge in [-0.25, -0.2) is 0 Å². The third-order valence-electron chi connectivity index (χ3n) is 1.66. The van der Waals surface area contributed by atoms with Crippen LogP contribution in [-0.2, 0) is 0 Å². The highest BCUT2D eigenvalue weighted by Gasteiger charge is 2.02. The molecule has 2 aromatic rings. The van der Waals surface area contributed by atoms with E-state index in [-0.39, 0.29) is 0 Å². The van der Waals surface area contributed by atoms with Crippen LogP contribution in [0, 0.1) is 3.57 Å². The van der Waals surface area contributed by atoms with Gasteiger partial charge in [0.1, 0.15) is 5.75 Å². The van der Waals surface area contributed by atoms with Crippen molar-refractivity contribution in [1.29, 1.82) is 0 Å². The third-order valence-corrected chi connectivity index (χ3v) is 2.53. The summed E-state index contributed by atoms with van der Waals surface area (Å²) >= 11 is 2.11. The number of halogens is 1. The number of fused-ring (bicyclic) bond motifs is 1. The summed E-state index contributed by atoms with van der Waals surface area (Å²) in [6.07, 6.45) is 1.82. The summed E-state index contributed by atoms with van der Waals surface area (Å²) < 4.78 is 0.884. The molecule has 0 fully saturated rings. The van der Waals surface area contributed by atoms with Gasteiger partial charge < -0.3 is 10.1 Å². The number of nitrogens with one attached hydrogen (secondary N) is 1. The molecule has 0 amide bonds. The fraction of sp³-hybridized carbons (Fsp3) is 0. The molecule has 1 aromatic heterocycles. The molecule has 0 atom stereocenters. The van der Waals surface area contributed by atoms with E-state index in [9.17, 15) is 5.11 Å². The van der Waals surface area contributed by atoms with E-state index in [4.69, 9.17) is 0 Å². The van der Waals surface area contributed by atoms with E-state index in [1.165, 1.54) is 0 Å². The van der Waals surface area contributed by atoms with Crippen molar-refractivity contribution in [2.75, 3.05) is 0 Å². The smallest absolute Gasteiger partial charge is 0.138 e. The molecule has 0 saturated heterocycles. The van der Waals surface area contributed by atoms with Gasteiger partial charge in [0.05, 0.1) is 3.57 Å². The number of hydrogen-bond donors (Lipinski definition) is 2. The van der Waals surface area contributed by atoms with E-state index in [2.05, 4.69) is 27.6 Å². The third kappa shape index (κ3) is 0.994. The summed E-state index contributed by atoms with van der Waals surface area (Å²) in [6.45, 7) is 0. The van der Waals surface area contributed by atoms with Gasteiger partial charge in [-0.1, -0.05) is 0 Å². The van der Waals surface area contributed by atoms with E-state index in [1.54, 1.807) is 0 Å². The van der Waals surface area contributed by atoms with Gasteiger partial charge in [-0.2, -0.15) is 0 Å². The minimum absolute atomic E-state index is 0.365. The molecule has 3 heteroatoms. The number of rotatable bonds is 0. The summed E-state index contributed by atoms with van der Waals surface area (Å²) in [6, 6.07) is 5.71. The van der Waals surface area contributed by atoms with Crippen LogP contribution in [0.5, 0.6) is 5.75 Å². The van der Waals surface area contributed by atoms with Crippen LogP contribution in [0.4, 0.5) is 0 Å². The van der Waals surface area contributed by atoms with Gasteiger partial charge in [0.25, 0.3) is 0 Å². The van der Waals surface area contributed by atoms with Crippen molar-refractivity contribution in [2.24, 2.45) is 0 Å². The zero-order valence-corrected chi connectivity index (χ0v) is 7.79. The number of benzene rings is 1. The zero-order valence-electron chi connectivity index (χ0n) is 5.63. The Labute approximate surface area is 77.4 Å². The average molecular weight is 259 g/mol. The van der Waals surface area contributed by atoms with Crippen molar-refractivity contribution in [1.82, 2.24) is 4.98 Å². The molecule has 2 rings (SSSR count). The molecule has 0 saturated carbocycles. The molecule has 2 nitrogen and oxygen atoms in total. The second-order valence-corrected chi connectivity index (χ2v) is 3.50. The van der Waals surface area contributed by atoms with Gasteiger partial charge in [0.2, 0.25) is 0 Å². The van der Waals surface area contributed by atoms with Gasteiger partial charge in [0.15, 0.2) is 0 Å². The highest BCUT2D eigenvalue weighted by atomic mass is 127. The van der Waals surface area contributed by atoms with Crippen molar-refractivity contribution in [2.45, 2.75) is 0 Å². The first-order valence-corrected chi connectivity index (χ1v) is 4.31. The molecule has 0 bridgehead atoms. The SMILES string of the molecule is Oc1c(I)ccc2[nH]ccc12. The molecule has 0 radical (unpaired) electrons. The molecular formula is C8H6INO. The Balaban J connectivity index is 2.93. The van der Waals surface area contributed by atoms with Gasteiger partial charge >= 0.3 is 0 Å². The van der Waals surface area contributed by atoms with E-state index in [1.807, 2.05) is 24.4 Å². The Morgan fingerprint density at radius 3 is 2.91 bits per heavy atom. The van der Waals surface area contributed by atoms with Crippen LogP contribution in [0.3, 0.4) is 0 Å². The van der Waals surface area contributed by atoms with Crippen LogP contribution in [-0.4, -0.2) is 10.1 Å². The van der Waals surface area contributed by atoms with Crippen LogP contribution in [0.25, 0.3) is 10.9 Å². The normalized spacial score (nSPS) is 10.6. The molecule has 2 N–H and O–H groups in total. The maximum absolute atomic E-state index is 9.52. The van der Waals surface area contributed by atoms with Crippen molar-refractivity contribution in [3.05, 3.63) is 28.0 Å². The van der Waals surface area contributed by atoms with Crippen LogP contribution >= 0.6 is 22.6 Å². The lowest BCUT2D eigenvalue weighted by Crippen LogP contribution is -1.73. The quantitative estimate of drug-likeness (QED) is 0.700. The summed E-state index contributed by atoms with van der Waals surface area (Å²) in [5, 5.41) is 10.4. The van der Waals surface area contributed by atoms with Gasteiger partial charge in [-0.15, -0.1) is 0 Å². The van der Waals surface area contributed by atoms with Gasteiger partial charge in [-0.3, -0.25) is 0 Å². The molecule has 11 heavy (non-hydrogen) atoms. The second-order valence-electron chi connectivity index (χ2n) is 2.33. The minimum atomic E-state index is 0.365. The van der Waals surface area contributed by atoms with Crippen molar-refractivity contribution < 1.29 is 5.11 Å². The molecule has 1 aromatic carbocycles. The summed E-state index contributed by atoms with van der Waals surface area (Å²) in [4.78, 5) is 3.02. The number of phenols is 1. The van der Waals surface area contributed by atoms with Crippen molar-refractivity contribution >= 4 is 33.5 Å². The van der Waals surface area contributed by atoms with Crippen LogP contribution in [0.15, 0.2) is 24.4 Å². The molecule has 56 valence electrons. The average Bonchev–Trinajstić information content (AvgIpc) is 2.45. The molecule has 0 aliphatic heterocycles. The highest BCUT2D eigenvalue weighted by molar-refractivity contribution is 14.1. The molecule has 0 unspecified atom stereocenters. The Morgan fingerprint density at radius 2 is 2.09 bits per heavy atom. The molecule has 0 aliphatic carbocycles. The second kappa shape index (κ2) is 2.41. The molecule has 0 aliphatic rings. The van der Waals surface area contributed by atoms with Crippen molar-refractivity contribution in [3.8, 4) is 5.75 Å². The molecular weight excluding hydrogens is 253 g/mol. The molecule has 0 spiro atoms. The highest BCUT2D eigenvalue weighted by Crippen LogP contribution is 2.28. The first kappa shape index (κ1) is 6.97. The van der Waals surface area contributed by atoms with Gasteiger partial charge in [0, 0.05) is 17.1 Å². The van der Waals surface area contributed by atoms with E-state index in [0.29, 0.717) is 5.75 Å². The Kier molecular flexibility index (Phi) is 1.52. The first-order valence-electron chi connectivity index (χ1n) is 3.23. The van der Waals surface area contributed by atoms with Crippen LogP contribution < -0.4 is 0 Å². The predicted octanol–water partition coefficient (Wildman–Crippen LogP) is 2.48. The number of aromatic nitrogens is 1. The largest absolute Gasteiger partial charge is 0.506 e. The maximum atomic E-state index is 9.52. The minimum Gasteiger partial charge on any atom is -0.506 e. The number of aromatic amines is 1. The Bertz CT molecular complexity index is 394. The van der Waals surface area contributed by atoms with E-state index >= 15 is 0 Å². The monoisotopic (exact) mass is 259 g/mol. The number of hydrogen-bond acceptors (Lipinski definition) is 1. The lowest BCUT2D eigenvalue weighted by atomic mass is 10.2. The summed E-state index contributed by atoms with van der Waals surface area (Å²) in [5.74, 6) is 0.365. The maximum Gasteiger partial charge on any atom is 0.138 e. The summed E-state index contributed by atoms with van der Waals surface area (Å²) in [5.41, 5.74) is 0.975. The first-order chi connectivity index (χ1) is 5.29. The van der Waals surface area contributed by atoms with Crippen LogP contribution in [0.2, 0.25) is 0 Å². The van der Waals surface area contributed by atoms with E-state index < -0.39 is 0 Å². The Hall–Kier alpha value is -0.710. The number of aromatic hydroxyl groups is 1. The zero-order chi connectivity index (χ0) is 7.84. The van der Waals surface area contributed by atoms with E-state index in [0.717, 1.165) is 14.5 Å². The lowest BCUT2D eigenvalue weighted by molar-refractivity contribution is 0.478. The number of phenolic OH excluding ortho intramolecular Hbond substituents is 1. The number of H-pyrrole nitrogens is 1. The predicted molar refractivity (Wildman–Crippen MR) is 52.7 cm³/mol.